The summed E-state index contributed by atoms with van der Waals surface area (Å²) < 4.78 is 5.61. The van der Waals surface area contributed by atoms with Crippen LogP contribution in [-0.4, -0.2) is 16.1 Å². The molecule has 0 radical (unpaired) electrons. The second-order valence-electron chi connectivity index (χ2n) is 4.70. The van der Waals surface area contributed by atoms with Gasteiger partial charge < -0.3 is 9.73 Å². The highest BCUT2D eigenvalue weighted by Gasteiger charge is 2.18. The van der Waals surface area contributed by atoms with Crippen molar-refractivity contribution in [1.29, 1.82) is 0 Å². The largest absolute Gasteiger partial charge is 0.431 e. The minimum absolute atomic E-state index is 0.116. The number of thioether (sulfide) groups is 1. The summed E-state index contributed by atoms with van der Waals surface area (Å²) in [6.45, 7) is 1.81. The third kappa shape index (κ3) is 3.43. The number of nitrogens with one attached hydrogen (secondary N) is 1. The van der Waals surface area contributed by atoms with Gasteiger partial charge in [0.25, 0.3) is 5.22 Å². The number of carbonyl (C=O) groups excluding carboxylic acids is 1. The number of carbonyl (C=O) groups is 1. The lowest BCUT2D eigenvalue weighted by Crippen LogP contribution is -2.22. The molecule has 3 aromatic rings. The van der Waals surface area contributed by atoms with Gasteiger partial charge in [0.15, 0.2) is 5.58 Å². The van der Waals surface area contributed by atoms with E-state index in [4.69, 9.17) is 16.0 Å². The Kier molecular flexibility index (Phi) is 4.36. The average Bonchev–Trinajstić information content (AvgIpc) is 2.91. The summed E-state index contributed by atoms with van der Waals surface area (Å²) in [4.78, 5) is 16.5. The first-order valence-electron chi connectivity index (χ1n) is 6.70. The second-order valence-corrected chi connectivity index (χ2v) is 6.43. The SMILES string of the molecule is C[C@@H](Sc1nc2ccccc2o1)C(=O)Nc1ccc(Cl)cc1. The first-order chi connectivity index (χ1) is 10.6. The molecule has 3 rings (SSSR count). The van der Waals surface area contributed by atoms with Gasteiger partial charge in [-0.1, -0.05) is 35.5 Å². The lowest BCUT2D eigenvalue weighted by Gasteiger charge is -2.09. The normalized spacial score (nSPS) is 12.3. The number of nitrogens with zero attached hydrogens (tertiary/aromatic N) is 1. The van der Waals surface area contributed by atoms with Gasteiger partial charge in [0.1, 0.15) is 5.52 Å². The maximum absolute atomic E-state index is 12.2. The van der Waals surface area contributed by atoms with E-state index < -0.39 is 0 Å². The Morgan fingerprint density at radius 2 is 1.95 bits per heavy atom. The third-order valence-corrected chi connectivity index (χ3v) is 4.23. The van der Waals surface area contributed by atoms with Crippen molar-refractivity contribution < 1.29 is 9.21 Å². The van der Waals surface area contributed by atoms with E-state index in [0.29, 0.717) is 15.9 Å². The van der Waals surface area contributed by atoms with Crippen LogP contribution in [0.5, 0.6) is 0 Å². The van der Waals surface area contributed by atoms with Gasteiger partial charge in [-0.05, 0) is 43.3 Å². The van der Waals surface area contributed by atoms with E-state index in [2.05, 4.69) is 10.3 Å². The van der Waals surface area contributed by atoms with Gasteiger partial charge >= 0.3 is 0 Å². The van der Waals surface area contributed by atoms with Crippen molar-refractivity contribution in [3.63, 3.8) is 0 Å². The molecule has 0 aliphatic heterocycles. The van der Waals surface area contributed by atoms with Gasteiger partial charge in [0.2, 0.25) is 5.91 Å². The first kappa shape index (κ1) is 14.9. The predicted octanol–water partition coefficient (Wildman–Crippen LogP) is 4.60. The van der Waals surface area contributed by atoms with Gasteiger partial charge in [-0.15, -0.1) is 0 Å². The lowest BCUT2D eigenvalue weighted by molar-refractivity contribution is -0.115. The second kappa shape index (κ2) is 6.42. The molecular weight excluding hydrogens is 320 g/mol. The van der Waals surface area contributed by atoms with Crippen LogP contribution in [0, 0.1) is 0 Å². The summed E-state index contributed by atoms with van der Waals surface area (Å²) in [7, 11) is 0. The molecule has 0 saturated heterocycles. The fraction of sp³-hybridized carbons (Fsp3) is 0.125. The fourth-order valence-electron chi connectivity index (χ4n) is 1.88. The minimum atomic E-state index is -0.330. The van der Waals surface area contributed by atoms with Crippen molar-refractivity contribution in [2.45, 2.75) is 17.4 Å². The number of hydrogen-bond donors (Lipinski definition) is 1. The van der Waals surface area contributed by atoms with E-state index in [-0.39, 0.29) is 11.2 Å². The standard InChI is InChI=1S/C16H13ClN2O2S/c1-10(15(20)18-12-8-6-11(17)7-9-12)22-16-19-13-4-2-3-5-14(13)21-16/h2-10H,1H3,(H,18,20)/t10-/m1/s1. The van der Waals surface area contributed by atoms with Crippen LogP contribution in [0.1, 0.15) is 6.92 Å². The van der Waals surface area contributed by atoms with E-state index in [9.17, 15) is 4.79 Å². The number of rotatable bonds is 4. The summed E-state index contributed by atoms with van der Waals surface area (Å²) in [5, 5.41) is 3.62. The maximum atomic E-state index is 12.2. The van der Waals surface area contributed by atoms with Crippen molar-refractivity contribution in [2.75, 3.05) is 5.32 Å². The first-order valence-corrected chi connectivity index (χ1v) is 7.96. The van der Waals surface area contributed by atoms with Crippen molar-refractivity contribution in [2.24, 2.45) is 0 Å². The van der Waals surface area contributed by atoms with Crippen LogP contribution in [0.2, 0.25) is 5.02 Å². The molecule has 0 saturated carbocycles. The van der Waals surface area contributed by atoms with Gasteiger partial charge in [-0.25, -0.2) is 4.98 Å². The van der Waals surface area contributed by atoms with E-state index in [0.717, 1.165) is 11.1 Å². The molecule has 0 spiro atoms. The minimum Gasteiger partial charge on any atom is -0.431 e. The van der Waals surface area contributed by atoms with Gasteiger partial charge in [-0.2, -0.15) is 0 Å². The Labute approximate surface area is 136 Å². The summed E-state index contributed by atoms with van der Waals surface area (Å²) in [5.41, 5.74) is 2.21. The summed E-state index contributed by atoms with van der Waals surface area (Å²) in [6.07, 6.45) is 0. The highest BCUT2D eigenvalue weighted by atomic mass is 35.5. The molecule has 1 atom stereocenters. The molecule has 1 amide bonds. The number of oxazole rings is 1. The van der Waals surface area contributed by atoms with Gasteiger partial charge in [0.05, 0.1) is 5.25 Å². The smallest absolute Gasteiger partial charge is 0.257 e. The van der Waals surface area contributed by atoms with Crippen molar-refractivity contribution in [3.05, 3.63) is 53.6 Å². The van der Waals surface area contributed by atoms with E-state index in [1.807, 2.05) is 31.2 Å². The maximum Gasteiger partial charge on any atom is 0.257 e. The molecule has 1 N–H and O–H groups in total. The Bertz CT molecular complexity index is 768. The fourth-order valence-corrected chi connectivity index (χ4v) is 2.77. The molecule has 112 valence electrons. The Morgan fingerprint density at radius 1 is 1.23 bits per heavy atom. The number of anilines is 1. The molecule has 6 heteroatoms. The topological polar surface area (TPSA) is 55.1 Å². The number of aromatic nitrogens is 1. The quantitative estimate of drug-likeness (QED) is 0.709. The Morgan fingerprint density at radius 3 is 2.68 bits per heavy atom. The number of fused-ring (bicyclic) bond motifs is 1. The molecule has 4 nitrogen and oxygen atoms in total. The molecule has 22 heavy (non-hydrogen) atoms. The molecule has 0 bridgehead atoms. The lowest BCUT2D eigenvalue weighted by atomic mass is 10.3. The summed E-state index contributed by atoms with van der Waals surface area (Å²) in [5.74, 6) is -0.116. The summed E-state index contributed by atoms with van der Waals surface area (Å²) >= 11 is 7.10. The van der Waals surface area contributed by atoms with Crippen LogP contribution in [-0.2, 0) is 4.79 Å². The Balaban J connectivity index is 1.66. The molecule has 0 aliphatic carbocycles. The monoisotopic (exact) mass is 332 g/mol. The summed E-state index contributed by atoms with van der Waals surface area (Å²) in [6, 6.07) is 14.5. The van der Waals surface area contributed by atoms with E-state index >= 15 is 0 Å². The molecule has 0 aliphatic rings. The molecule has 2 aromatic carbocycles. The molecular formula is C16H13ClN2O2S. The van der Waals surface area contributed by atoms with Crippen LogP contribution in [0.4, 0.5) is 5.69 Å². The van der Waals surface area contributed by atoms with Crippen molar-refractivity contribution in [3.8, 4) is 0 Å². The Hall–Kier alpha value is -1.98. The zero-order valence-corrected chi connectivity index (χ0v) is 13.3. The number of hydrogen-bond acceptors (Lipinski definition) is 4. The van der Waals surface area contributed by atoms with Crippen molar-refractivity contribution >= 4 is 46.1 Å². The van der Waals surface area contributed by atoms with Crippen molar-refractivity contribution in [1.82, 2.24) is 4.98 Å². The van der Waals surface area contributed by atoms with E-state index in [1.54, 1.807) is 24.3 Å². The third-order valence-electron chi connectivity index (χ3n) is 3.03. The molecule has 0 unspecified atom stereocenters. The number of halogens is 1. The van der Waals surface area contributed by atoms with Crippen LogP contribution in [0.3, 0.4) is 0 Å². The van der Waals surface area contributed by atoms with Crippen LogP contribution in [0.15, 0.2) is 58.2 Å². The van der Waals surface area contributed by atoms with E-state index in [1.165, 1.54) is 11.8 Å². The highest BCUT2D eigenvalue weighted by molar-refractivity contribution is 8.00. The number of amides is 1. The van der Waals surface area contributed by atoms with Gasteiger partial charge in [-0.3, -0.25) is 4.79 Å². The highest BCUT2D eigenvalue weighted by Crippen LogP contribution is 2.27. The average molecular weight is 333 g/mol. The predicted molar refractivity (Wildman–Crippen MR) is 89.4 cm³/mol. The molecule has 1 heterocycles. The molecule has 0 fully saturated rings. The zero-order valence-electron chi connectivity index (χ0n) is 11.7. The number of para-hydroxylation sites is 2. The van der Waals surface area contributed by atoms with Gasteiger partial charge in [0, 0.05) is 10.7 Å². The van der Waals surface area contributed by atoms with Crippen LogP contribution < -0.4 is 5.32 Å². The van der Waals surface area contributed by atoms with Crippen LogP contribution >= 0.6 is 23.4 Å². The zero-order chi connectivity index (χ0) is 15.5. The number of benzene rings is 2. The van der Waals surface area contributed by atoms with Crippen LogP contribution in [0.25, 0.3) is 11.1 Å². The molecule has 1 aromatic heterocycles.